The first-order valence-electron chi connectivity index (χ1n) is 3.18. The first-order valence-corrected chi connectivity index (χ1v) is 3.18. The zero-order chi connectivity index (χ0) is 7.84. The molecule has 11 heavy (non-hydrogen) atoms. The minimum atomic E-state index is -0.299. The molecule has 0 amide bonds. The van der Waals surface area contributed by atoms with Gasteiger partial charge in [-0.1, -0.05) is 0 Å². The molecule has 56 valence electrons. The Hall–Kier alpha value is -1.58. The maximum Gasteiger partial charge on any atom is 0.350 e. The zero-order valence-electron chi connectivity index (χ0n) is 5.94. The van der Waals surface area contributed by atoms with Gasteiger partial charge in [0.2, 0.25) is 5.71 Å². The average Bonchev–Trinajstić information content (AvgIpc) is 2.36. The van der Waals surface area contributed by atoms with Crippen LogP contribution >= 0.6 is 0 Å². The van der Waals surface area contributed by atoms with Crippen molar-refractivity contribution in [3.8, 4) is 0 Å². The van der Waals surface area contributed by atoms with E-state index in [0.717, 1.165) is 5.39 Å². The molecule has 4 heteroatoms. The highest BCUT2D eigenvalue weighted by atomic mass is 16.3. The number of rotatable bonds is 0. The van der Waals surface area contributed by atoms with E-state index in [1.54, 1.807) is 19.3 Å². The second kappa shape index (κ2) is 1.95. The molecule has 0 saturated heterocycles. The van der Waals surface area contributed by atoms with Crippen molar-refractivity contribution >= 4 is 11.1 Å². The lowest BCUT2D eigenvalue weighted by atomic mass is 10.4. The third-order valence-electron chi connectivity index (χ3n) is 1.51. The van der Waals surface area contributed by atoms with E-state index in [-0.39, 0.29) is 5.69 Å². The van der Waals surface area contributed by atoms with Crippen molar-refractivity contribution in [2.24, 2.45) is 7.05 Å². The number of furan rings is 1. The van der Waals surface area contributed by atoms with Gasteiger partial charge in [-0.15, -0.1) is 0 Å². The Morgan fingerprint density at radius 2 is 2.45 bits per heavy atom. The van der Waals surface area contributed by atoms with E-state index in [9.17, 15) is 4.79 Å². The van der Waals surface area contributed by atoms with E-state index < -0.39 is 0 Å². The predicted octanol–water partition coefficient (Wildman–Crippen LogP) is 0.526. The van der Waals surface area contributed by atoms with Crippen LogP contribution in [0.3, 0.4) is 0 Å². The summed E-state index contributed by atoms with van der Waals surface area (Å²) in [6.45, 7) is 0. The van der Waals surface area contributed by atoms with Crippen LogP contribution in [0.15, 0.2) is 27.7 Å². The Morgan fingerprint density at radius 1 is 1.64 bits per heavy atom. The molecule has 0 spiro atoms. The molecular weight excluding hydrogens is 144 g/mol. The second-order valence-electron chi connectivity index (χ2n) is 2.32. The van der Waals surface area contributed by atoms with Crippen LogP contribution in [0.25, 0.3) is 11.1 Å². The summed E-state index contributed by atoms with van der Waals surface area (Å²) in [4.78, 5) is 14.6. The molecule has 0 aromatic carbocycles. The van der Waals surface area contributed by atoms with Crippen molar-refractivity contribution in [1.82, 2.24) is 9.55 Å². The summed E-state index contributed by atoms with van der Waals surface area (Å²) in [5, 5.41) is 0.840. The van der Waals surface area contributed by atoms with Gasteiger partial charge in [0.15, 0.2) is 0 Å². The Labute approximate surface area is 62.1 Å². The first-order chi connectivity index (χ1) is 5.27. The molecule has 2 aromatic rings. The standard InChI is InChI=1S/C7H6N2O2/c1-9-4-5-2-3-11-6(5)8-7(9)10/h2-4H,1H3. The molecule has 0 aliphatic heterocycles. The highest BCUT2D eigenvalue weighted by Crippen LogP contribution is 2.07. The van der Waals surface area contributed by atoms with Gasteiger partial charge >= 0.3 is 5.69 Å². The predicted molar refractivity (Wildman–Crippen MR) is 39.3 cm³/mol. The molecule has 2 rings (SSSR count). The molecule has 4 nitrogen and oxygen atoms in total. The molecule has 0 radical (unpaired) electrons. The van der Waals surface area contributed by atoms with Crippen LogP contribution in [0, 0.1) is 0 Å². The molecule has 2 aromatic heterocycles. The molecule has 2 heterocycles. The quantitative estimate of drug-likeness (QED) is 0.550. The molecule has 0 bridgehead atoms. The summed E-state index contributed by atoms with van der Waals surface area (Å²) >= 11 is 0. The van der Waals surface area contributed by atoms with Gasteiger partial charge in [0.05, 0.1) is 11.6 Å². The number of fused-ring (bicyclic) bond motifs is 1. The van der Waals surface area contributed by atoms with E-state index in [1.165, 1.54) is 10.8 Å². The van der Waals surface area contributed by atoms with Crippen molar-refractivity contribution in [2.75, 3.05) is 0 Å². The second-order valence-corrected chi connectivity index (χ2v) is 2.32. The number of aromatic nitrogens is 2. The number of nitrogens with zero attached hydrogens (tertiary/aromatic N) is 2. The third-order valence-corrected chi connectivity index (χ3v) is 1.51. The van der Waals surface area contributed by atoms with Gasteiger partial charge in [-0.05, 0) is 6.07 Å². The van der Waals surface area contributed by atoms with E-state index in [0.29, 0.717) is 5.71 Å². The maximum absolute atomic E-state index is 10.9. The Bertz CT molecular complexity index is 441. The molecule has 0 unspecified atom stereocenters. The largest absolute Gasteiger partial charge is 0.446 e. The van der Waals surface area contributed by atoms with Crippen molar-refractivity contribution in [2.45, 2.75) is 0 Å². The number of aryl methyl sites for hydroxylation is 1. The van der Waals surface area contributed by atoms with Crippen LogP contribution in [0.5, 0.6) is 0 Å². The lowest BCUT2D eigenvalue weighted by molar-refractivity contribution is 0.597. The van der Waals surface area contributed by atoms with Crippen LogP contribution in [0.4, 0.5) is 0 Å². The van der Waals surface area contributed by atoms with Gasteiger partial charge in [-0.2, -0.15) is 4.98 Å². The summed E-state index contributed by atoms with van der Waals surface area (Å²) in [6.07, 6.45) is 3.20. The number of hydrogen-bond donors (Lipinski definition) is 0. The minimum Gasteiger partial charge on any atom is -0.446 e. The van der Waals surface area contributed by atoms with Gasteiger partial charge in [0.1, 0.15) is 0 Å². The lowest BCUT2D eigenvalue weighted by Crippen LogP contribution is -2.18. The van der Waals surface area contributed by atoms with Crippen molar-refractivity contribution in [3.63, 3.8) is 0 Å². The van der Waals surface area contributed by atoms with Crippen LogP contribution in [0.2, 0.25) is 0 Å². The molecule has 0 fully saturated rings. The van der Waals surface area contributed by atoms with Gasteiger partial charge in [-0.25, -0.2) is 4.79 Å². The third kappa shape index (κ3) is 0.832. The van der Waals surface area contributed by atoms with Crippen molar-refractivity contribution < 1.29 is 4.42 Å². The molecule has 0 N–H and O–H groups in total. The van der Waals surface area contributed by atoms with Gasteiger partial charge in [0.25, 0.3) is 0 Å². The Kier molecular flexibility index (Phi) is 1.09. The fraction of sp³-hybridized carbons (Fsp3) is 0.143. The highest BCUT2D eigenvalue weighted by Gasteiger charge is 1.99. The van der Waals surface area contributed by atoms with Crippen LogP contribution in [-0.2, 0) is 7.05 Å². The molecule has 0 atom stereocenters. The Balaban J connectivity index is 2.97. The summed E-state index contributed by atoms with van der Waals surface area (Å²) in [6, 6.07) is 1.77. The maximum atomic E-state index is 10.9. The highest BCUT2D eigenvalue weighted by molar-refractivity contribution is 5.71. The average molecular weight is 150 g/mol. The van der Waals surface area contributed by atoms with E-state index in [2.05, 4.69) is 4.98 Å². The van der Waals surface area contributed by atoms with Crippen molar-refractivity contribution in [3.05, 3.63) is 29.0 Å². The van der Waals surface area contributed by atoms with Crippen LogP contribution < -0.4 is 5.69 Å². The molecule has 0 aliphatic rings. The van der Waals surface area contributed by atoms with Crippen LogP contribution in [0.1, 0.15) is 0 Å². The van der Waals surface area contributed by atoms with E-state index in [1.807, 2.05) is 0 Å². The smallest absolute Gasteiger partial charge is 0.350 e. The summed E-state index contributed by atoms with van der Waals surface area (Å²) in [5.74, 6) is 0. The molecular formula is C7H6N2O2. The number of hydrogen-bond acceptors (Lipinski definition) is 3. The zero-order valence-corrected chi connectivity index (χ0v) is 5.94. The normalized spacial score (nSPS) is 10.6. The van der Waals surface area contributed by atoms with Gasteiger partial charge < -0.3 is 8.98 Å². The summed E-state index contributed by atoms with van der Waals surface area (Å²) in [7, 11) is 1.65. The topological polar surface area (TPSA) is 48.0 Å². The monoisotopic (exact) mass is 150 g/mol. The van der Waals surface area contributed by atoms with Crippen LogP contribution in [-0.4, -0.2) is 9.55 Å². The minimum absolute atomic E-state index is 0.299. The van der Waals surface area contributed by atoms with E-state index >= 15 is 0 Å². The van der Waals surface area contributed by atoms with Gasteiger partial charge in [-0.3, -0.25) is 0 Å². The summed E-state index contributed by atoms with van der Waals surface area (Å²) < 4.78 is 6.34. The van der Waals surface area contributed by atoms with Crippen molar-refractivity contribution in [1.29, 1.82) is 0 Å². The van der Waals surface area contributed by atoms with Gasteiger partial charge in [0, 0.05) is 13.2 Å². The lowest BCUT2D eigenvalue weighted by Gasteiger charge is -1.92. The first kappa shape index (κ1) is 6.15. The molecule has 0 saturated carbocycles. The molecule has 0 aliphatic carbocycles. The fourth-order valence-corrected chi connectivity index (χ4v) is 0.930. The SMILES string of the molecule is Cn1cc2ccoc2nc1=O. The van der Waals surface area contributed by atoms with E-state index in [4.69, 9.17) is 4.42 Å². The Morgan fingerprint density at radius 3 is 3.27 bits per heavy atom. The fourth-order valence-electron chi connectivity index (χ4n) is 0.930. The summed E-state index contributed by atoms with van der Waals surface area (Å²) in [5.41, 5.74) is 0.0977.